The summed E-state index contributed by atoms with van der Waals surface area (Å²) in [5.74, 6) is 0.0717. The van der Waals surface area contributed by atoms with E-state index in [0.29, 0.717) is 5.56 Å². The number of phenolic OH excluding ortho intramolecular Hbond substituents is 1. The van der Waals surface area contributed by atoms with Gasteiger partial charge < -0.3 is 5.11 Å². The lowest BCUT2D eigenvalue weighted by molar-refractivity contribution is 0.460. The van der Waals surface area contributed by atoms with Crippen molar-refractivity contribution in [3.63, 3.8) is 0 Å². The van der Waals surface area contributed by atoms with E-state index in [9.17, 15) is 9.67 Å². The lowest BCUT2D eigenvalue weighted by Gasteiger charge is -2.00. The van der Waals surface area contributed by atoms with Crippen LogP contribution in [0.3, 0.4) is 0 Å². The van der Waals surface area contributed by atoms with E-state index >= 15 is 0 Å². The summed E-state index contributed by atoms with van der Waals surface area (Å²) in [6, 6.07) is 6.55. The Morgan fingerprint density at radius 2 is 2.00 bits per heavy atom. The summed E-state index contributed by atoms with van der Waals surface area (Å²) in [6.45, 7) is 1.60. The highest BCUT2D eigenvalue weighted by Crippen LogP contribution is 2.40. The summed E-state index contributed by atoms with van der Waals surface area (Å²) in [4.78, 5) is 8.80. The maximum absolute atomic E-state index is 10.7. The molecule has 2 atom stereocenters. The molecular weight excluding hydrogens is 175 g/mol. The van der Waals surface area contributed by atoms with E-state index in [2.05, 4.69) is 0 Å². The molecule has 2 N–H and O–H groups in total. The van der Waals surface area contributed by atoms with Gasteiger partial charge in [-0.1, -0.05) is 18.2 Å². The van der Waals surface area contributed by atoms with Gasteiger partial charge in [-0.3, -0.25) is 0 Å². The van der Waals surface area contributed by atoms with Gasteiger partial charge in [-0.2, -0.15) is 4.89 Å². The number of aromatic hydroxyl groups is 1. The van der Waals surface area contributed by atoms with Crippen molar-refractivity contribution in [1.29, 1.82) is 0 Å². The van der Waals surface area contributed by atoms with E-state index < -0.39 is 13.7 Å². The Kier molecular flexibility index (Phi) is 2.79. The van der Waals surface area contributed by atoms with Crippen molar-refractivity contribution in [2.24, 2.45) is 0 Å². The van der Waals surface area contributed by atoms with Crippen LogP contribution in [0, 0.1) is 0 Å². The molecule has 1 aromatic rings. The molecule has 0 heterocycles. The number of benzene rings is 1. The highest BCUT2D eigenvalue weighted by molar-refractivity contribution is 7.38. The Bertz CT molecular complexity index is 298. The van der Waals surface area contributed by atoms with Crippen LogP contribution >= 0.6 is 8.03 Å². The third kappa shape index (κ3) is 1.81. The number of hydrogen-bond acceptors (Lipinski definition) is 2. The van der Waals surface area contributed by atoms with Crippen LogP contribution in [0.4, 0.5) is 0 Å². The monoisotopic (exact) mass is 185 g/mol. The zero-order valence-corrected chi connectivity index (χ0v) is 7.53. The van der Waals surface area contributed by atoms with Gasteiger partial charge in [0.05, 0.1) is 0 Å². The molecule has 12 heavy (non-hydrogen) atoms. The molecule has 1 aromatic carbocycles. The smallest absolute Gasteiger partial charge is 0.507 e. The van der Waals surface area contributed by atoms with Gasteiger partial charge in [-0.25, -0.2) is 0 Å². The van der Waals surface area contributed by atoms with Gasteiger partial charge >= 0.3 is 8.03 Å². The Labute approximate surface area is 71.5 Å². The maximum Gasteiger partial charge on any atom is 0.513 e. The molecule has 0 aliphatic rings. The van der Waals surface area contributed by atoms with E-state index in [0.717, 1.165) is 0 Å². The van der Waals surface area contributed by atoms with Gasteiger partial charge in [0.1, 0.15) is 5.75 Å². The molecule has 0 aliphatic heterocycles. The van der Waals surface area contributed by atoms with Crippen molar-refractivity contribution >= 4 is 8.03 Å². The molecule has 0 aromatic heterocycles. The van der Waals surface area contributed by atoms with Crippen LogP contribution in [-0.2, 0) is 4.57 Å². The fourth-order valence-electron chi connectivity index (χ4n) is 0.960. The third-order valence-corrected chi connectivity index (χ3v) is 2.66. The molecule has 64 valence electrons. The molecule has 0 aliphatic carbocycles. The first-order valence-electron chi connectivity index (χ1n) is 3.56. The number of hydrogen-bond donors (Lipinski definition) is 2. The third-order valence-electron chi connectivity index (χ3n) is 1.72. The van der Waals surface area contributed by atoms with Crippen molar-refractivity contribution in [2.75, 3.05) is 0 Å². The zero-order chi connectivity index (χ0) is 9.14. The molecule has 0 spiro atoms. The van der Waals surface area contributed by atoms with E-state index in [1.807, 2.05) is 0 Å². The summed E-state index contributed by atoms with van der Waals surface area (Å²) >= 11 is 0. The van der Waals surface area contributed by atoms with Crippen LogP contribution in [0.2, 0.25) is 0 Å². The van der Waals surface area contributed by atoms with Crippen LogP contribution in [0.1, 0.15) is 18.1 Å². The summed E-state index contributed by atoms with van der Waals surface area (Å²) in [6.07, 6.45) is 0. The first-order valence-corrected chi connectivity index (χ1v) is 4.84. The fraction of sp³-hybridized carbons (Fsp3) is 0.250. The van der Waals surface area contributed by atoms with Gasteiger partial charge in [-0.05, 0) is 17.6 Å². The molecule has 2 unspecified atom stereocenters. The normalized spacial score (nSPS) is 14.0. The summed E-state index contributed by atoms with van der Waals surface area (Å²) in [5.41, 5.74) is 0.00214. The second-order valence-electron chi connectivity index (χ2n) is 2.54. The predicted molar refractivity (Wildman–Crippen MR) is 46.3 cm³/mol. The van der Waals surface area contributed by atoms with Crippen molar-refractivity contribution in [3.8, 4) is 5.75 Å². The minimum Gasteiger partial charge on any atom is -0.507 e. The Morgan fingerprint density at radius 3 is 2.50 bits per heavy atom. The van der Waals surface area contributed by atoms with Gasteiger partial charge in [0.25, 0.3) is 0 Å². The SMILES string of the molecule is CC(c1ccccc1O)[P+](=O)O. The van der Waals surface area contributed by atoms with Crippen molar-refractivity contribution in [2.45, 2.75) is 12.6 Å². The average molecular weight is 185 g/mol. The number of para-hydroxylation sites is 1. The van der Waals surface area contributed by atoms with Gasteiger partial charge in [0.15, 0.2) is 0 Å². The summed E-state index contributed by atoms with van der Waals surface area (Å²) < 4.78 is 10.7. The van der Waals surface area contributed by atoms with Gasteiger partial charge in [0.2, 0.25) is 5.66 Å². The van der Waals surface area contributed by atoms with Crippen LogP contribution in [0.5, 0.6) is 5.75 Å². The number of rotatable bonds is 2. The van der Waals surface area contributed by atoms with E-state index in [1.54, 1.807) is 25.1 Å². The van der Waals surface area contributed by atoms with Gasteiger partial charge in [-0.15, -0.1) is 0 Å². The summed E-state index contributed by atoms with van der Waals surface area (Å²) in [5, 5.41) is 9.29. The highest BCUT2D eigenvalue weighted by atomic mass is 31.1. The maximum atomic E-state index is 10.7. The van der Waals surface area contributed by atoms with Crippen molar-refractivity contribution in [3.05, 3.63) is 29.8 Å². The average Bonchev–Trinajstić information content (AvgIpc) is 2.04. The van der Waals surface area contributed by atoms with Crippen LogP contribution < -0.4 is 0 Å². The zero-order valence-electron chi connectivity index (χ0n) is 6.64. The largest absolute Gasteiger partial charge is 0.513 e. The van der Waals surface area contributed by atoms with Crippen molar-refractivity contribution in [1.82, 2.24) is 0 Å². The topological polar surface area (TPSA) is 57.5 Å². The Morgan fingerprint density at radius 1 is 1.42 bits per heavy atom. The number of phenols is 1. The Balaban J connectivity index is 3.02. The molecule has 0 saturated heterocycles. The first-order chi connectivity index (χ1) is 5.63. The minimum absolute atomic E-state index is 0.0717. The second kappa shape index (κ2) is 3.65. The molecule has 0 amide bonds. The van der Waals surface area contributed by atoms with E-state index in [1.165, 1.54) is 6.07 Å². The molecule has 0 bridgehead atoms. The molecule has 4 heteroatoms. The molecule has 3 nitrogen and oxygen atoms in total. The lowest BCUT2D eigenvalue weighted by Crippen LogP contribution is -1.87. The predicted octanol–water partition coefficient (Wildman–Crippen LogP) is 2.19. The van der Waals surface area contributed by atoms with Crippen LogP contribution in [-0.4, -0.2) is 10.00 Å². The molecule has 0 saturated carbocycles. The molecule has 1 rings (SSSR count). The summed E-state index contributed by atoms with van der Waals surface area (Å²) in [7, 11) is -2.26. The lowest BCUT2D eigenvalue weighted by atomic mass is 10.1. The molecular formula is C8H10O3P+. The first kappa shape index (κ1) is 9.17. The second-order valence-corrected chi connectivity index (χ2v) is 3.92. The van der Waals surface area contributed by atoms with Crippen molar-refractivity contribution < 1.29 is 14.6 Å². The molecule has 0 radical (unpaired) electrons. The fourth-order valence-corrected chi connectivity index (χ4v) is 1.42. The van der Waals surface area contributed by atoms with Gasteiger partial charge in [0, 0.05) is 5.56 Å². The molecule has 0 fully saturated rings. The minimum atomic E-state index is -2.26. The quantitative estimate of drug-likeness (QED) is 0.694. The van der Waals surface area contributed by atoms with E-state index in [4.69, 9.17) is 4.89 Å². The highest BCUT2D eigenvalue weighted by Gasteiger charge is 2.27. The van der Waals surface area contributed by atoms with Crippen LogP contribution in [0.25, 0.3) is 0 Å². The Hall–Kier alpha value is -0.920. The standard InChI is InChI=1S/C8H9O3P/c1-6(12(10)11)7-4-2-3-5-8(7)9/h2-6H,1H3,(H-,9,10,11)/p+1. The van der Waals surface area contributed by atoms with E-state index in [-0.39, 0.29) is 5.75 Å². The van der Waals surface area contributed by atoms with Crippen LogP contribution in [0.15, 0.2) is 24.3 Å².